The number of carbonyl (C=O) groups is 1. The summed E-state index contributed by atoms with van der Waals surface area (Å²) in [5, 5.41) is 9.88. The third kappa shape index (κ3) is 7.31. The lowest BCUT2D eigenvalue weighted by atomic mass is 10.2. The number of hydrogen-bond donors (Lipinski definition) is 3. The van der Waals surface area contributed by atoms with Crippen molar-refractivity contribution >= 4 is 23.5 Å². The van der Waals surface area contributed by atoms with Crippen LogP contribution in [0.4, 0.5) is 0 Å². The lowest BCUT2D eigenvalue weighted by Crippen LogP contribution is -2.41. The number of aliphatic imine (C=N–C) groups is 1. The molecule has 0 aliphatic heterocycles. The molecule has 22 heavy (non-hydrogen) atoms. The predicted octanol–water partition coefficient (Wildman–Crippen LogP) is 2.43. The summed E-state index contributed by atoms with van der Waals surface area (Å²) in [5.41, 5.74) is 0.603. The van der Waals surface area contributed by atoms with Crippen molar-refractivity contribution in [2.75, 3.05) is 26.7 Å². The van der Waals surface area contributed by atoms with Crippen LogP contribution in [0.25, 0.3) is 0 Å². The van der Waals surface area contributed by atoms with Crippen LogP contribution in [-0.2, 0) is 0 Å². The van der Waals surface area contributed by atoms with Gasteiger partial charge in [-0.25, -0.2) is 0 Å². The maximum Gasteiger partial charge on any atom is 0.251 e. The highest BCUT2D eigenvalue weighted by Crippen LogP contribution is 2.09. The van der Waals surface area contributed by atoms with Gasteiger partial charge in [0.25, 0.3) is 5.91 Å². The summed E-state index contributed by atoms with van der Waals surface area (Å²) in [6.45, 7) is 4.23. The van der Waals surface area contributed by atoms with Crippen LogP contribution in [0.2, 0.25) is 5.02 Å². The lowest BCUT2D eigenvalue weighted by Gasteiger charge is -2.12. The minimum absolute atomic E-state index is 0.107. The smallest absolute Gasteiger partial charge is 0.251 e. The van der Waals surface area contributed by atoms with E-state index in [9.17, 15) is 4.79 Å². The van der Waals surface area contributed by atoms with Crippen LogP contribution < -0.4 is 16.0 Å². The molecule has 6 heteroatoms. The van der Waals surface area contributed by atoms with Gasteiger partial charge in [-0.1, -0.05) is 31.4 Å². The SMILES string of the molecule is CCCCCNC(=NC)NCCNC(=O)c1ccc(Cl)cc1. The van der Waals surface area contributed by atoms with E-state index in [1.807, 2.05) is 0 Å². The number of benzene rings is 1. The molecule has 0 unspecified atom stereocenters. The van der Waals surface area contributed by atoms with Gasteiger partial charge >= 0.3 is 0 Å². The number of hydrogen-bond acceptors (Lipinski definition) is 2. The van der Waals surface area contributed by atoms with Crippen LogP contribution >= 0.6 is 11.6 Å². The highest BCUT2D eigenvalue weighted by molar-refractivity contribution is 6.30. The summed E-state index contributed by atoms with van der Waals surface area (Å²) in [6, 6.07) is 6.83. The second kappa shape index (κ2) is 10.9. The van der Waals surface area contributed by atoms with Crippen molar-refractivity contribution in [3.63, 3.8) is 0 Å². The molecule has 0 aromatic heterocycles. The van der Waals surface area contributed by atoms with Crippen molar-refractivity contribution < 1.29 is 4.79 Å². The Hall–Kier alpha value is -1.75. The standard InChI is InChI=1S/C16H25ClN4O/c1-3-4-5-10-20-16(18-2)21-12-11-19-15(22)13-6-8-14(17)9-7-13/h6-9H,3-5,10-12H2,1-2H3,(H,19,22)(H2,18,20,21). The molecule has 0 saturated heterocycles. The summed E-state index contributed by atoms with van der Waals surface area (Å²) < 4.78 is 0. The van der Waals surface area contributed by atoms with E-state index >= 15 is 0 Å². The Balaban J connectivity index is 2.20. The van der Waals surface area contributed by atoms with Gasteiger partial charge in [-0.2, -0.15) is 0 Å². The van der Waals surface area contributed by atoms with Crippen molar-refractivity contribution in [3.8, 4) is 0 Å². The molecule has 0 radical (unpaired) electrons. The zero-order valence-electron chi connectivity index (χ0n) is 13.3. The van der Waals surface area contributed by atoms with Crippen molar-refractivity contribution in [1.29, 1.82) is 0 Å². The molecule has 0 spiro atoms. The normalized spacial score (nSPS) is 11.1. The number of unbranched alkanes of at least 4 members (excludes halogenated alkanes) is 2. The van der Waals surface area contributed by atoms with Crippen molar-refractivity contribution in [2.24, 2.45) is 4.99 Å². The number of halogens is 1. The monoisotopic (exact) mass is 324 g/mol. The van der Waals surface area contributed by atoms with Gasteiger partial charge in [0, 0.05) is 37.3 Å². The minimum atomic E-state index is -0.107. The van der Waals surface area contributed by atoms with E-state index < -0.39 is 0 Å². The fraction of sp³-hybridized carbons (Fsp3) is 0.500. The molecule has 0 bridgehead atoms. The number of carbonyl (C=O) groups excluding carboxylic acids is 1. The Bertz CT molecular complexity index is 474. The zero-order valence-corrected chi connectivity index (χ0v) is 14.0. The van der Waals surface area contributed by atoms with Crippen LogP contribution in [-0.4, -0.2) is 38.5 Å². The van der Waals surface area contributed by atoms with E-state index in [0.29, 0.717) is 23.7 Å². The molecule has 0 aliphatic rings. The Kier molecular flexibility index (Phi) is 9.07. The van der Waals surface area contributed by atoms with Gasteiger partial charge in [0.1, 0.15) is 0 Å². The molecule has 3 N–H and O–H groups in total. The highest BCUT2D eigenvalue weighted by Gasteiger charge is 2.04. The summed E-state index contributed by atoms with van der Waals surface area (Å²) in [6.07, 6.45) is 3.54. The summed E-state index contributed by atoms with van der Waals surface area (Å²) in [5.74, 6) is 0.654. The van der Waals surface area contributed by atoms with Crippen LogP contribution in [0, 0.1) is 0 Å². The first-order valence-corrected chi connectivity index (χ1v) is 8.03. The lowest BCUT2D eigenvalue weighted by molar-refractivity contribution is 0.0954. The first kappa shape index (κ1) is 18.3. The topological polar surface area (TPSA) is 65.5 Å². The molecule has 0 saturated carbocycles. The van der Waals surface area contributed by atoms with Gasteiger partial charge in [-0.05, 0) is 30.7 Å². The van der Waals surface area contributed by atoms with Crippen molar-refractivity contribution in [1.82, 2.24) is 16.0 Å². The van der Waals surface area contributed by atoms with Gasteiger partial charge in [-0.15, -0.1) is 0 Å². The molecule has 0 fully saturated rings. The summed E-state index contributed by atoms with van der Waals surface area (Å²) >= 11 is 5.79. The molecule has 1 amide bonds. The fourth-order valence-corrected chi connectivity index (χ4v) is 1.99. The largest absolute Gasteiger partial charge is 0.356 e. The van der Waals surface area contributed by atoms with Gasteiger partial charge < -0.3 is 16.0 Å². The van der Waals surface area contributed by atoms with E-state index in [-0.39, 0.29) is 5.91 Å². The molecule has 1 aromatic rings. The Labute approximate surface area is 137 Å². The van der Waals surface area contributed by atoms with Crippen LogP contribution in [0.5, 0.6) is 0 Å². The molecular weight excluding hydrogens is 300 g/mol. The molecule has 5 nitrogen and oxygen atoms in total. The van der Waals surface area contributed by atoms with E-state index in [1.165, 1.54) is 12.8 Å². The van der Waals surface area contributed by atoms with E-state index in [1.54, 1.807) is 31.3 Å². The number of amides is 1. The summed E-state index contributed by atoms with van der Waals surface area (Å²) in [4.78, 5) is 16.0. The number of guanidine groups is 1. The van der Waals surface area contributed by atoms with Gasteiger partial charge in [0.15, 0.2) is 5.96 Å². The Morgan fingerprint density at radius 1 is 1.05 bits per heavy atom. The maximum absolute atomic E-state index is 11.9. The molecule has 1 rings (SSSR count). The van der Waals surface area contributed by atoms with E-state index in [4.69, 9.17) is 11.6 Å². The third-order valence-electron chi connectivity index (χ3n) is 3.11. The highest BCUT2D eigenvalue weighted by atomic mass is 35.5. The third-order valence-corrected chi connectivity index (χ3v) is 3.36. The van der Waals surface area contributed by atoms with Gasteiger partial charge in [0.05, 0.1) is 0 Å². The zero-order chi connectivity index (χ0) is 16.2. The van der Waals surface area contributed by atoms with E-state index in [2.05, 4.69) is 27.9 Å². The predicted molar refractivity (Wildman–Crippen MR) is 92.7 cm³/mol. The van der Waals surface area contributed by atoms with Crippen molar-refractivity contribution in [2.45, 2.75) is 26.2 Å². The fourth-order valence-electron chi connectivity index (χ4n) is 1.86. The van der Waals surface area contributed by atoms with Crippen molar-refractivity contribution in [3.05, 3.63) is 34.9 Å². The molecule has 0 aliphatic carbocycles. The minimum Gasteiger partial charge on any atom is -0.356 e. The average Bonchev–Trinajstić information content (AvgIpc) is 2.53. The summed E-state index contributed by atoms with van der Waals surface area (Å²) in [7, 11) is 1.74. The first-order chi connectivity index (χ1) is 10.7. The van der Waals surface area contributed by atoms with Gasteiger partial charge in [0.2, 0.25) is 0 Å². The molecule has 1 aromatic carbocycles. The number of nitrogens with zero attached hydrogens (tertiary/aromatic N) is 1. The van der Waals surface area contributed by atoms with E-state index in [0.717, 1.165) is 18.9 Å². The second-order valence-corrected chi connectivity index (χ2v) is 5.33. The molecular formula is C16H25ClN4O. The van der Waals surface area contributed by atoms with Crippen LogP contribution in [0.1, 0.15) is 36.5 Å². The average molecular weight is 325 g/mol. The quantitative estimate of drug-likeness (QED) is 0.391. The maximum atomic E-state index is 11.9. The van der Waals surface area contributed by atoms with Crippen LogP contribution in [0.15, 0.2) is 29.3 Å². The second-order valence-electron chi connectivity index (χ2n) is 4.90. The Morgan fingerprint density at radius 3 is 2.32 bits per heavy atom. The molecule has 122 valence electrons. The molecule has 0 atom stereocenters. The Morgan fingerprint density at radius 2 is 1.68 bits per heavy atom. The number of rotatable bonds is 8. The first-order valence-electron chi connectivity index (χ1n) is 7.65. The molecule has 0 heterocycles. The number of nitrogens with one attached hydrogen (secondary N) is 3. The van der Waals surface area contributed by atoms with Gasteiger partial charge in [-0.3, -0.25) is 9.79 Å². The van der Waals surface area contributed by atoms with Crippen LogP contribution in [0.3, 0.4) is 0 Å².